The van der Waals surface area contributed by atoms with Crippen LogP contribution in [0.3, 0.4) is 0 Å². The van der Waals surface area contributed by atoms with Crippen molar-refractivity contribution in [1.29, 1.82) is 0 Å². The third kappa shape index (κ3) is 2.72. The Balaban J connectivity index is 1.73. The van der Waals surface area contributed by atoms with E-state index in [1.807, 2.05) is 31.2 Å². The van der Waals surface area contributed by atoms with E-state index in [1.165, 1.54) is 4.90 Å². The van der Waals surface area contributed by atoms with Gasteiger partial charge in [0.1, 0.15) is 0 Å². The van der Waals surface area contributed by atoms with Crippen molar-refractivity contribution >= 4 is 27.3 Å². The van der Waals surface area contributed by atoms with Gasteiger partial charge in [-0.1, -0.05) is 18.2 Å². The van der Waals surface area contributed by atoms with Crippen molar-refractivity contribution < 1.29 is 18.0 Å². The smallest absolute Gasteiger partial charge is 0.316 e. The number of sulfone groups is 1. The molecule has 0 spiro atoms. The maximum Gasteiger partial charge on any atom is 0.316 e. The molecule has 1 aromatic carbocycles. The first-order valence-corrected chi connectivity index (χ1v) is 9.12. The number of nitrogens with one attached hydrogen (secondary N) is 1. The summed E-state index contributed by atoms with van der Waals surface area (Å²) >= 11 is 0. The highest BCUT2D eigenvalue weighted by Crippen LogP contribution is 2.31. The van der Waals surface area contributed by atoms with Gasteiger partial charge in [0, 0.05) is 17.8 Å². The molecule has 1 saturated heterocycles. The maximum atomic E-state index is 12.4. The van der Waals surface area contributed by atoms with E-state index in [1.54, 1.807) is 0 Å². The SMILES string of the molecule is CC1Cc2ccccc2N1C(=O)C(=O)NC1CCS(=O)(=O)C1. The number of fused-ring (bicyclic) bond motifs is 1. The maximum absolute atomic E-state index is 12.4. The average Bonchev–Trinajstić information content (AvgIpc) is 2.96. The van der Waals surface area contributed by atoms with Crippen LogP contribution < -0.4 is 10.2 Å². The molecule has 3 rings (SSSR count). The fraction of sp³-hybridized carbons (Fsp3) is 0.467. The number of amides is 2. The Hall–Kier alpha value is -1.89. The average molecular weight is 322 g/mol. The number of carbonyl (C=O) groups is 2. The third-order valence-corrected chi connectivity index (χ3v) is 5.96. The third-order valence-electron chi connectivity index (χ3n) is 4.19. The Labute approximate surface area is 129 Å². The van der Waals surface area contributed by atoms with Gasteiger partial charge in [0.2, 0.25) is 0 Å². The van der Waals surface area contributed by atoms with E-state index in [2.05, 4.69) is 5.32 Å². The summed E-state index contributed by atoms with van der Waals surface area (Å²) in [6, 6.07) is 6.96. The second kappa shape index (κ2) is 5.39. The molecule has 2 atom stereocenters. The van der Waals surface area contributed by atoms with Crippen molar-refractivity contribution in [2.75, 3.05) is 16.4 Å². The minimum absolute atomic E-state index is 0.0646. The van der Waals surface area contributed by atoms with Crippen LogP contribution in [-0.2, 0) is 25.8 Å². The normalized spacial score (nSPS) is 25.8. The first-order chi connectivity index (χ1) is 10.4. The highest BCUT2D eigenvalue weighted by atomic mass is 32.2. The highest BCUT2D eigenvalue weighted by molar-refractivity contribution is 7.91. The van der Waals surface area contributed by atoms with Crippen molar-refractivity contribution in [3.63, 3.8) is 0 Å². The second-order valence-electron chi connectivity index (χ2n) is 5.93. The van der Waals surface area contributed by atoms with E-state index in [9.17, 15) is 18.0 Å². The Morgan fingerprint density at radius 2 is 2.00 bits per heavy atom. The van der Waals surface area contributed by atoms with Gasteiger partial charge in [-0.3, -0.25) is 9.59 Å². The fourth-order valence-electron chi connectivity index (χ4n) is 3.14. The fourth-order valence-corrected chi connectivity index (χ4v) is 4.81. The molecular formula is C15H18N2O4S. The summed E-state index contributed by atoms with van der Waals surface area (Å²) < 4.78 is 22.8. The first kappa shape index (κ1) is 15.0. The molecule has 2 aliphatic rings. The zero-order chi connectivity index (χ0) is 15.9. The van der Waals surface area contributed by atoms with Crippen LogP contribution in [0, 0.1) is 0 Å². The molecule has 1 N–H and O–H groups in total. The quantitative estimate of drug-likeness (QED) is 0.752. The Morgan fingerprint density at radius 1 is 1.27 bits per heavy atom. The van der Waals surface area contributed by atoms with Gasteiger partial charge in [0.15, 0.2) is 9.84 Å². The van der Waals surface area contributed by atoms with E-state index < -0.39 is 27.7 Å². The van der Waals surface area contributed by atoms with E-state index in [4.69, 9.17) is 0 Å². The van der Waals surface area contributed by atoms with Crippen LogP contribution in [0.5, 0.6) is 0 Å². The molecule has 2 aliphatic heterocycles. The van der Waals surface area contributed by atoms with Gasteiger partial charge in [0.25, 0.3) is 0 Å². The van der Waals surface area contributed by atoms with Gasteiger partial charge in [0.05, 0.1) is 11.5 Å². The van der Waals surface area contributed by atoms with Gasteiger partial charge in [-0.05, 0) is 31.4 Å². The van der Waals surface area contributed by atoms with Crippen LogP contribution in [0.15, 0.2) is 24.3 Å². The topological polar surface area (TPSA) is 83.6 Å². The summed E-state index contributed by atoms with van der Waals surface area (Å²) in [7, 11) is -3.08. The summed E-state index contributed by atoms with van der Waals surface area (Å²) in [4.78, 5) is 26.1. The number of nitrogens with zero attached hydrogens (tertiary/aromatic N) is 1. The molecule has 1 fully saturated rings. The molecule has 1 aromatic rings. The number of rotatable bonds is 1. The Morgan fingerprint density at radius 3 is 2.68 bits per heavy atom. The minimum atomic E-state index is -3.08. The lowest BCUT2D eigenvalue weighted by Crippen LogP contribution is -2.48. The molecule has 22 heavy (non-hydrogen) atoms. The number of para-hydroxylation sites is 1. The lowest BCUT2D eigenvalue weighted by Gasteiger charge is -2.22. The van der Waals surface area contributed by atoms with Gasteiger partial charge in [-0.2, -0.15) is 0 Å². The van der Waals surface area contributed by atoms with E-state index >= 15 is 0 Å². The van der Waals surface area contributed by atoms with E-state index in [0.717, 1.165) is 11.3 Å². The molecule has 2 heterocycles. The molecule has 0 radical (unpaired) electrons. The number of anilines is 1. The van der Waals surface area contributed by atoms with Gasteiger partial charge >= 0.3 is 11.8 Å². The molecule has 0 aromatic heterocycles. The van der Waals surface area contributed by atoms with E-state index in [0.29, 0.717) is 12.8 Å². The summed E-state index contributed by atoms with van der Waals surface area (Å²) in [6.07, 6.45) is 1.08. The second-order valence-corrected chi connectivity index (χ2v) is 8.16. The summed E-state index contributed by atoms with van der Waals surface area (Å²) in [5.74, 6) is -1.37. The van der Waals surface area contributed by atoms with Gasteiger partial charge < -0.3 is 10.2 Å². The van der Waals surface area contributed by atoms with Crippen LogP contribution in [0.25, 0.3) is 0 Å². The molecule has 118 valence electrons. The summed E-state index contributed by atoms with van der Waals surface area (Å²) in [5.41, 5.74) is 1.80. The molecule has 6 nitrogen and oxygen atoms in total. The van der Waals surface area contributed by atoms with Crippen molar-refractivity contribution in [2.45, 2.75) is 31.8 Å². The number of carbonyl (C=O) groups excluding carboxylic acids is 2. The molecular weight excluding hydrogens is 304 g/mol. The highest BCUT2D eigenvalue weighted by Gasteiger charge is 2.36. The van der Waals surface area contributed by atoms with Crippen LogP contribution in [0.4, 0.5) is 5.69 Å². The molecule has 7 heteroatoms. The molecule has 0 bridgehead atoms. The van der Waals surface area contributed by atoms with Crippen LogP contribution in [0.2, 0.25) is 0 Å². The molecule has 2 unspecified atom stereocenters. The lowest BCUT2D eigenvalue weighted by molar-refractivity contribution is -0.138. The van der Waals surface area contributed by atoms with Crippen molar-refractivity contribution in [1.82, 2.24) is 5.32 Å². The predicted octanol–water partition coefficient (Wildman–Crippen LogP) is 0.268. The van der Waals surface area contributed by atoms with Crippen LogP contribution in [-0.4, -0.2) is 43.8 Å². The Kier molecular flexibility index (Phi) is 3.68. The first-order valence-electron chi connectivity index (χ1n) is 7.30. The van der Waals surface area contributed by atoms with Crippen molar-refractivity contribution in [2.24, 2.45) is 0 Å². The zero-order valence-electron chi connectivity index (χ0n) is 12.3. The summed E-state index contributed by atoms with van der Waals surface area (Å²) in [5, 5.41) is 2.55. The van der Waals surface area contributed by atoms with Crippen LogP contribution in [0.1, 0.15) is 18.9 Å². The van der Waals surface area contributed by atoms with E-state index in [-0.39, 0.29) is 17.5 Å². The lowest BCUT2D eigenvalue weighted by atomic mass is 10.1. The Bertz CT molecular complexity index is 729. The molecule has 0 saturated carbocycles. The summed E-state index contributed by atoms with van der Waals surface area (Å²) in [6.45, 7) is 1.89. The minimum Gasteiger partial charge on any atom is -0.344 e. The number of hydrogen-bond donors (Lipinski definition) is 1. The van der Waals surface area contributed by atoms with Gasteiger partial charge in [-0.15, -0.1) is 0 Å². The van der Waals surface area contributed by atoms with Crippen molar-refractivity contribution in [3.05, 3.63) is 29.8 Å². The number of hydrogen-bond acceptors (Lipinski definition) is 4. The predicted molar refractivity (Wildman–Crippen MR) is 82.3 cm³/mol. The largest absolute Gasteiger partial charge is 0.344 e. The van der Waals surface area contributed by atoms with Crippen molar-refractivity contribution in [3.8, 4) is 0 Å². The van der Waals surface area contributed by atoms with Gasteiger partial charge in [-0.25, -0.2) is 8.42 Å². The van der Waals surface area contributed by atoms with Crippen LogP contribution >= 0.6 is 0 Å². The molecule has 2 amide bonds. The number of benzene rings is 1. The molecule has 0 aliphatic carbocycles. The monoisotopic (exact) mass is 322 g/mol. The standard InChI is InChI=1S/C15H18N2O4S/c1-10-8-11-4-2-3-5-13(11)17(10)15(19)14(18)16-12-6-7-22(20,21)9-12/h2-5,10,12H,6-9H2,1H3,(H,16,18). The zero-order valence-corrected chi connectivity index (χ0v) is 13.1.